The summed E-state index contributed by atoms with van der Waals surface area (Å²) < 4.78 is 0. The summed E-state index contributed by atoms with van der Waals surface area (Å²) in [5, 5.41) is 18.8. The summed E-state index contributed by atoms with van der Waals surface area (Å²) in [6, 6.07) is 14.8. The number of benzene rings is 2. The van der Waals surface area contributed by atoms with Crippen LogP contribution >= 0.6 is 0 Å². The lowest BCUT2D eigenvalue weighted by Gasteiger charge is -2.33. The summed E-state index contributed by atoms with van der Waals surface area (Å²) in [7, 11) is 2.10. The van der Waals surface area contributed by atoms with E-state index in [1.807, 2.05) is 4.90 Å². The maximum atomic E-state index is 12.8. The number of nitrogens with one attached hydrogen (secondary N) is 1. The van der Waals surface area contributed by atoms with Gasteiger partial charge in [0.25, 0.3) is 0 Å². The van der Waals surface area contributed by atoms with Gasteiger partial charge in [0.2, 0.25) is 0 Å². The zero-order chi connectivity index (χ0) is 24.7. The van der Waals surface area contributed by atoms with Gasteiger partial charge in [0.1, 0.15) is 0 Å². The smallest absolute Gasteiger partial charge is 0.328 e. The van der Waals surface area contributed by atoms with Crippen molar-refractivity contribution < 1.29 is 24.6 Å². The minimum atomic E-state index is -1.26. The molecule has 2 aromatic carbocycles. The van der Waals surface area contributed by atoms with Gasteiger partial charge in [0.15, 0.2) is 0 Å². The predicted molar refractivity (Wildman–Crippen MR) is 131 cm³/mol. The van der Waals surface area contributed by atoms with Crippen LogP contribution in [-0.2, 0) is 16.0 Å². The number of carbonyl (C=O) groups excluding carboxylic acids is 1. The van der Waals surface area contributed by atoms with E-state index in [1.54, 1.807) is 0 Å². The number of piperazine rings is 1. The number of hydrogen-bond donors (Lipinski definition) is 3. The molecule has 0 aromatic heterocycles. The molecule has 0 spiro atoms. The van der Waals surface area contributed by atoms with Gasteiger partial charge in [-0.2, -0.15) is 0 Å². The molecule has 0 radical (unpaired) electrons. The Kier molecular flexibility index (Phi) is 8.26. The number of carboxylic acids is 2. The quantitative estimate of drug-likeness (QED) is 0.593. The third-order valence-corrected chi connectivity index (χ3v) is 5.73. The molecule has 2 amide bonds. The molecule has 0 saturated carbocycles. The first-order valence-corrected chi connectivity index (χ1v) is 11.1. The fourth-order valence-corrected chi connectivity index (χ4v) is 3.92. The van der Waals surface area contributed by atoms with Crippen LogP contribution in [0.25, 0.3) is 0 Å². The Labute approximate surface area is 198 Å². The van der Waals surface area contributed by atoms with Gasteiger partial charge in [-0.3, -0.25) is 0 Å². The number of anilines is 3. The van der Waals surface area contributed by atoms with Crippen LogP contribution in [0, 0.1) is 6.92 Å². The van der Waals surface area contributed by atoms with E-state index in [2.05, 4.69) is 71.6 Å². The number of amides is 2. The SMILES string of the molecule is Cc1ccc(N2CCc3ccccc32)c(NC(=O)N2CCN(C)CC2)c1.O=C(O)C=CC(=O)O. The van der Waals surface area contributed by atoms with Crippen molar-refractivity contribution in [2.75, 3.05) is 50.0 Å². The lowest BCUT2D eigenvalue weighted by molar-refractivity contribution is -0.134. The van der Waals surface area contributed by atoms with Crippen LogP contribution in [-0.4, -0.2) is 77.8 Å². The van der Waals surface area contributed by atoms with Gasteiger partial charge in [-0.25, -0.2) is 14.4 Å². The summed E-state index contributed by atoms with van der Waals surface area (Å²) in [6.45, 7) is 6.40. The predicted octanol–water partition coefficient (Wildman–Crippen LogP) is 3.18. The van der Waals surface area contributed by atoms with Crippen molar-refractivity contribution in [2.45, 2.75) is 13.3 Å². The number of rotatable bonds is 4. The van der Waals surface area contributed by atoms with Crippen LogP contribution in [0.4, 0.5) is 21.9 Å². The average molecular weight is 467 g/mol. The average Bonchev–Trinajstić information content (AvgIpc) is 3.23. The zero-order valence-corrected chi connectivity index (χ0v) is 19.4. The second-order valence-electron chi connectivity index (χ2n) is 8.28. The summed E-state index contributed by atoms with van der Waals surface area (Å²) in [5.41, 5.74) is 5.72. The highest BCUT2D eigenvalue weighted by atomic mass is 16.4. The number of carboxylic acid groups (broad SMARTS) is 2. The lowest BCUT2D eigenvalue weighted by atomic mass is 10.1. The number of fused-ring (bicyclic) bond motifs is 1. The van der Waals surface area contributed by atoms with Crippen molar-refractivity contribution in [3.05, 3.63) is 65.7 Å². The van der Waals surface area contributed by atoms with Gasteiger partial charge in [-0.15, -0.1) is 0 Å². The molecule has 3 N–H and O–H groups in total. The van der Waals surface area contributed by atoms with Crippen LogP contribution in [0.3, 0.4) is 0 Å². The number of urea groups is 1. The molecule has 9 nitrogen and oxygen atoms in total. The van der Waals surface area contributed by atoms with E-state index in [4.69, 9.17) is 10.2 Å². The molecule has 2 heterocycles. The summed E-state index contributed by atoms with van der Waals surface area (Å²) in [4.78, 5) is 38.4. The van der Waals surface area contributed by atoms with Gasteiger partial charge in [0, 0.05) is 50.6 Å². The molecule has 1 saturated heterocycles. The Morgan fingerprint density at radius 2 is 1.53 bits per heavy atom. The Morgan fingerprint density at radius 3 is 2.18 bits per heavy atom. The molecule has 4 rings (SSSR count). The van der Waals surface area contributed by atoms with Gasteiger partial charge >= 0.3 is 18.0 Å². The number of carbonyl (C=O) groups is 3. The molecule has 0 unspecified atom stereocenters. The van der Waals surface area contributed by atoms with Crippen molar-refractivity contribution in [3.63, 3.8) is 0 Å². The van der Waals surface area contributed by atoms with Crippen LogP contribution in [0.1, 0.15) is 11.1 Å². The molecule has 180 valence electrons. The Morgan fingerprint density at radius 1 is 0.882 bits per heavy atom. The van der Waals surface area contributed by atoms with Gasteiger partial charge in [-0.1, -0.05) is 24.3 Å². The number of hydrogen-bond acceptors (Lipinski definition) is 5. The molecule has 2 aliphatic heterocycles. The molecule has 0 bridgehead atoms. The van der Waals surface area contributed by atoms with E-state index < -0.39 is 11.9 Å². The topological polar surface area (TPSA) is 113 Å². The molecular weight excluding hydrogens is 436 g/mol. The van der Waals surface area contributed by atoms with E-state index in [1.165, 1.54) is 11.3 Å². The molecule has 34 heavy (non-hydrogen) atoms. The van der Waals surface area contributed by atoms with E-state index in [9.17, 15) is 14.4 Å². The van der Waals surface area contributed by atoms with Crippen molar-refractivity contribution in [1.29, 1.82) is 0 Å². The Bertz CT molecular complexity index is 1060. The van der Waals surface area contributed by atoms with E-state index in [0.717, 1.165) is 56.1 Å². The maximum absolute atomic E-state index is 12.8. The standard InChI is InChI=1S/C21H26N4O.C4H4O4/c1-16-7-8-20(25-10-9-17-5-3-4-6-19(17)25)18(15-16)22-21(26)24-13-11-23(2)12-14-24;5-3(6)1-2-4(7)8/h3-8,15H,9-14H2,1-2H3,(H,22,26);1-2H,(H,5,6)(H,7,8). The minimum Gasteiger partial charge on any atom is -0.478 e. The highest BCUT2D eigenvalue weighted by Crippen LogP contribution is 2.38. The normalized spacial score (nSPS) is 15.5. The third kappa shape index (κ3) is 6.58. The second-order valence-corrected chi connectivity index (χ2v) is 8.28. The van der Waals surface area contributed by atoms with Crippen LogP contribution in [0.15, 0.2) is 54.6 Å². The maximum Gasteiger partial charge on any atom is 0.328 e. The Balaban J connectivity index is 0.000000350. The van der Waals surface area contributed by atoms with Crippen molar-refractivity contribution >= 4 is 35.0 Å². The third-order valence-electron chi connectivity index (χ3n) is 5.73. The van der Waals surface area contributed by atoms with Gasteiger partial charge in [-0.05, 0) is 49.7 Å². The van der Waals surface area contributed by atoms with Gasteiger partial charge < -0.3 is 30.2 Å². The first-order valence-electron chi connectivity index (χ1n) is 11.1. The monoisotopic (exact) mass is 466 g/mol. The van der Waals surface area contributed by atoms with E-state index in [0.29, 0.717) is 12.2 Å². The fourth-order valence-electron chi connectivity index (χ4n) is 3.92. The summed E-state index contributed by atoms with van der Waals surface area (Å²) in [6.07, 6.45) is 2.15. The lowest BCUT2D eigenvalue weighted by Crippen LogP contribution is -2.48. The second kappa shape index (κ2) is 11.3. The van der Waals surface area contributed by atoms with E-state index >= 15 is 0 Å². The first kappa shape index (κ1) is 24.8. The van der Waals surface area contributed by atoms with Crippen LogP contribution in [0.2, 0.25) is 0 Å². The largest absolute Gasteiger partial charge is 0.478 e. The van der Waals surface area contributed by atoms with Crippen LogP contribution < -0.4 is 10.2 Å². The number of aliphatic carboxylic acids is 2. The molecule has 2 aliphatic rings. The number of likely N-dealkylation sites (N-methyl/N-ethyl adjacent to an activating group) is 1. The van der Waals surface area contributed by atoms with Gasteiger partial charge in [0.05, 0.1) is 11.4 Å². The summed E-state index contributed by atoms with van der Waals surface area (Å²) in [5.74, 6) is -2.51. The number of para-hydroxylation sites is 1. The number of nitrogens with zero attached hydrogens (tertiary/aromatic N) is 3. The van der Waals surface area contributed by atoms with Crippen molar-refractivity contribution in [2.24, 2.45) is 0 Å². The minimum absolute atomic E-state index is 0.00238. The Hall–Kier alpha value is -3.85. The fraction of sp³-hybridized carbons (Fsp3) is 0.320. The van der Waals surface area contributed by atoms with E-state index in [-0.39, 0.29) is 6.03 Å². The molecule has 2 aromatic rings. The van der Waals surface area contributed by atoms with Crippen molar-refractivity contribution in [3.8, 4) is 0 Å². The first-order chi connectivity index (χ1) is 16.2. The highest BCUT2D eigenvalue weighted by molar-refractivity contribution is 5.95. The summed E-state index contributed by atoms with van der Waals surface area (Å²) >= 11 is 0. The molecular formula is C25H30N4O5. The zero-order valence-electron chi connectivity index (χ0n) is 19.4. The molecule has 9 heteroatoms. The number of aryl methyl sites for hydroxylation is 1. The molecule has 0 aliphatic carbocycles. The molecule has 0 atom stereocenters. The van der Waals surface area contributed by atoms with Crippen LogP contribution in [0.5, 0.6) is 0 Å². The molecule has 1 fully saturated rings. The highest BCUT2D eigenvalue weighted by Gasteiger charge is 2.24. The van der Waals surface area contributed by atoms with Crippen molar-refractivity contribution in [1.82, 2.24) is 9.80 Å².